The predicted octanol–water partition coefficient (Wildman–Crippen LogP) is 2.09. The van der Waals surface area contributed by atoms with Gasteiger partial charge in [-0.05, 0) is 18.2 Å². The van der Waals surface area contributed by atoms with E-state index in [9.17, 15) is 13.9 Å². The number of hydrogen-bond acceptors (Lipinski definition) is 5. The van der Waals surface area contributed by atoms with Crippen LogP contribution in [0.15, 0.2) is 36.5 Å². The summed E-state index contributed by atoms with van der Waals surface area (Å²) in [5.41, 5.74) is 0.668. The Kier molecular flexibility index (Phi) is 5.22. The fourth-order valence-electron chi connectivity index (χ4n) is 2.94. The van der Waals surface area contributed by atoms with E-state index in [1.165, 1.54) is 6.07 Å². The SMILES string of the molecule is N#Cc1ccnc(N2CCN(CC(O)c3ccc(F)cc3F)CC2)c1. The second-order valence-corrected chi connectivity index (χ2v) is 5.98. The lowest BCUT2D eigenvalue weighted by Crippen LogP contribution is -2.47. The first-order valence-corrected chi connectivity index (χ1v) is 8.03. The van der Waals surface area contributed by atoms with E-state index in [4.69, 9.17) is 5.26 Å². The lowest BCUT2D eigenvalue weighted by molar-refractivity contribution is 0.106. The Balaban J connectivity index is 1.58. The van der Waals surface area contributed by atoms with E-state index in [0.717, 1.165) is 18.0 Å². The number of hydrogen-bond donors (Lipinski definition) is 1. The van der Waals surface area contributed by atoms with E-state index in [0.29, 0.717) is 31.7 Å². The Morgan fingerprint density at radius 1 is 1.16 bits per heavy atom. The number of aliphatic hydroxyl groups is 1. The van der Waals surface area contributed by atoms with Crippen molar-refractivity contribution in [3.8, 4) is 6.07 Å². The van der Waals surface area contributed by atoms with Crippen LogP contribution < -0.4 is 4.90 Å². The Labute approximate surface area is 144 Å². The molecule has 5 nitrogen and oxygen atoms in total. The van der Waals surface area contributed by atoms with Gasteiger partial charge in [0.15, 0.2) is 0 Å². The van der Waals surface area contributed by atoms with Crippen molar-refractivity contribution in [2.75, 3.05) is 37.6 Å². The van der Waals surface area contributed by atoms with Crippen LogP contribution in [0.25, 0.3) is 0 Å². The molecule has 3 rings (SSSR count). The minimum atomic E-state index is -1.01. The molecule has 1 aromatic carbocycles. The van der Waals surface area contributed by atoms with Crippen molar-refractivity contribution in [3.05, 3.63) is 59.3 Å². The number of piperazine rings is 1. The fourth-order valence-corrected chi connectivity index (χ4v) is 2.94. The van der Waals surface area contributed by atoms with E-state index in [1.54, 1.807) is 18.3 Å². The first kappa shape index (κ1) is 17.3. The van der Waals surface area contributed by atoms with Gasteiger partial charge in [0.25, 0.3) is 0 Å². The van der Waals surface area contributed by atoms with Crippen LogP contribution in [0, 0.1) is 23.0 Å². The highest BCUT2D eigenvalue weighted by molar-refractivity contribution is 5.45. The van der Waals surface area contributed by atoms with Gasteiger partial charge < -0.3 is 10.0 Å². The third-order valence-electron chi connectivity index (χ3n) is 4.32. The zero-order valence-corrected chi connectivity index (χ0v) is 13.6. The maximum absolute atomic E-state index is 13.7. The van der Waals surface area contributed by atoms with Crippen LogP contribution in [0.5, 0.6) is 0 Å². The largest absolute Gasteiger partial charge is 0.387 e. The summed E-state index contributed by atoms with van der Waals surface area (Å²) in [6.45, 7) is 3.03. The summed E-state index contributed by atoms with van der Waals surface area (Å²) in [5.74, 6) is -0.637. The highest BCUT2D eigenvalue weighted by atomic mass is 19.1. The number of nitriles is 1. The zero-order valence-electron chi connectivity index (χ0n) is 13.6. The molecule has 1 aliphatic rings. The summed E-state index contributed by atoms with van der Waals surface area (Å²) in [5, 5.41) is 19.2. The maximum Gasteiger partial charge on any atom is 0.131 e. The molecule has 0 amide bonds. The highest BCUT2D eigenvalue weighted by Gasteiger charge is 2.22. The number of rotatable bonds is 4. The minimum absolute atomic E-state index is 0.104. The average molecular weight is 344 g/mol. The van der Waals surface area contributed by atoms with Crippen LogP contribution in [-0.2, 0) is 0 Å². The molecule has 1 saturated heterocycles. The van der Waals surface area contributed by atoms with Crippen molar-refractivity contribution >= 4 is 5.82 Å². The molecule has 2 aromatic rings. The van der Waals surface area contributed by atoms with E-state index >= 15 is 0 Å². The van der Waals surface area contributed by atoms with Crippen LogP contribution in [0.1, 0.15) is 17.2 Å². The summed E-state index contributed by atoms with van der Waals surface area (Å²) < 4.78 is 26.7. The van der Waals surface area contributed by atoms with Crippen molar-refractivity contribution < 1.29 is 13.9 Å². The average Bonchev–Trinajstić information content (AvgIpc) is 2.62. The van der Waals surface area contributed by atoms with Crippen LogP contribution in [0.3, 0.4) is 0 Å². The normalized spacial score (nSPS) is 16.5. The Morgan fingerprint density at radius 3 is 2.60 bits per heavy atom. The third kappa shape index (κ3) is 4.10. The topological polar surface area (TPSA) is 63.4 Å². The van der Waals surface area contributed by atoms with Gasteiger partial charge in [0, 0.05) is 50.6 Å². The van der Waals surface area contributed by atoms with E-state index in [1.807, 2.05) is 4.90 Å². The van der Waals surface area contributed by atoms with Gasteiger partial charge in [0.05, 0.1) is 17.7 Å². The standard InChI is InChI=1S/C18H18F2N4O/c19-14-1-2-15(16(20)10-14)17(25)12-23-5-7-24(8-6-23)18-9-13(11-21)3-4-22-18/h1-4,9-10,17,25H,5-8,12H2. The van der Waals surface area contributed by atoms with E-state index in [2.05, 4.69) is 16.0 Å². The number of anilines is 1. The quantitative estimate of drug-likeness (QED) is 0.920. The monoisotopic (exact) mass is 344 g/mol. The molecule has 130 valence electrons. The minimum Gasteiger partial charge on any atom is -0.387 e. The number of aromatic nitrogens is 1. The Morgan fingerprint density at radius 2 is 1.92 bits per heavy atom. The van der Waals surface area contributed by atoms with E-state index < -0.39 is 17.7 Å². The number of halogens is 2. The molecule has 1 atom stereocenters. The van der Waals surface area contributed by atoms with Gasteiger partial charge in [0.2, 0.25) is 0 Å². The molecular formula is C18H18F2N4O. The highest BCUT2D eigenvalue weighted by Crippen LogP contribution is 2.21. The number of β-amino-alcohol motifs (C(OH)–C–C–N with tert-alkyl or cyclic N) is 1. The van der Waals surface area contributed by atoms with Gasteiger partial charge in [-0.2, -0.15) is 5.26 Å². The lowest BCUT2D eigenvalue weighted by Gasteiger charge is -2.36. The van der Waals surface area contributed by atoms with Crippen molar-refractivity contribution in [2.24, 2.45) is 0 Å². The van der Waals surface area contributed by atoms with Gasteiger partial charge in [-0.3, -0.25) is 4.90 Å². The smallest absolute Gasteiger partial charge is 0.131 e. The summed E-state index contributed by atoms with van der Waals surface area (Å²) in [6.07, 6.45) is 0.605. The summed E-state index contributed by atoms with van der Waals surface area (Å²) >= 11 is 0. The summed E-state index contributed by atoms with van der Waals surface area (Å²) in [4.78, 5) is 8.38. The number of aliphatic hydroxyl groups excluding tert-OH is 1. The zero-order chi connectivity index (χ0) is 17.8. The lowest BCUT2D eigenvalue weighted by atomic mass is 10.1. The van der Waals surface area contributed by atoms with Crippen molar-refractivity contribution in [1.29, 1.82) is 5.26 Å². The molecule has 2 heterocycles. The van der Waals surface area contributed by atoms with Gasteiger partial charge >= 0.3 is 0 Å². The second kappa shape index (κ2) is 7.55. The molecule has 7 heteroatoms. The van der Waals surface area contributed by atoms with Crippen LogP contribution in [-0.4, -0.2) is 47.7 Å². The van der Waals surface area contributed by atoms with Crippen LogP contribution in [0.4, 0.5) is 14.6 Å². The molecule has 1 fully saturated rings. The first-order chi connectivity index (χ1) is 12.1. The van der Waals surface area contributed by atoms with E-state index in [-0.39, 0.29) is 12.1 Å². The molecule has 0 bridgehead atoms. The van der Waals surface area contributed by atoms with Crippen molar-refractivity contribution in [3.63, 3.8) is 0 Å². The second-order valence-electron chi connectivity index (χ2n) is 5.98. The van der Waals surface area contributed by atoms with Crippen LogP contribution >= 0.6 is 0 Å². The van der Waals surface area contributed by atoms with Gasteiger partial charge in [-0.15, -0.1) is 0 Å². The number of benzene rings is 1. The summed E-state index contributed by atoms with van der Waals surface area (Å²) in [6, 6.07) is 8.71. The number of pyridine rings is 1. The molecule has 1 aromatic heterocycles. The predicted molar refractivity (Wildman–Crippen MR) is 88.9 cm³/mol. The molecule has 0 radical (unpaired) electrons. The molecule has 0 aliphatic carbocycles. The molecule has 25 heavy (non-hydrogen) atoms. The molecular weight excluding hydrogens is 326 g/mol. The van der Waals surface area contributed by atoms with Crippen molar-refractivity contribution in [2.45, 2.75) is 6.10 Å². The molecule has 0 saturated carbocycles. The van der Waals surface area contributed by atoms with Gasteiger partial charge in [0.1, 0.15) is 17.5 Å². The van der Waals surface area contributed by atoms with Crippen molar-refractivity contribution in [1.82, 2.24) is 9.88 Å². The molecule has 1 aliphatic heterocycles. The van der Waals surface area contributed by atoms with Crippen LogP contribution in [0.2, 0.25) is 0 Å². The molecule has 1 unspecified atom stereocenters. The van der Waals surface area contributed by atoms with Gasteiger partial charge in [-0.1, -0.05) is 6.07 Å². The summed E-state index contributed by atoms with van der Waals surface area (Å²) in [7, 11) is 0. The Bertz CT molecular complexity index is 785. The Hall–Kier alpha value is -2.56. The number of nitrogens with zero attached hydrogens (tertiary/aromatic N) is 4. The first-order valence-electron chi connectivity index (χ1n) is 8.03. The third-order valence-corrected chi connectivity index (χ3v) is 4.32. The molecule has 1 N–H and O–H groups in total. The molecule has 0 spiro atoms. The van der Waals surface area contributed by atoms with Gasteiger partial charge in [-0.25, -0.2) is 13.8 Å². The maximum atomic E-state index is 13.7. The fraction of sp³-hybridized carbons (Fsp3) is 0.333.